The highest BCUT2D eigenvalue weighted by atomic mass is 16.5. The molecule has 2 rings (SSSR count). The zero-order valence-electron chi connectivity index (χ0n) is 10.6. The first-order valence-electron chi connectivity index (χ1n) is 6.10. The van der Waals surface area contributed by atoms with Crippen LogP contribution >= 0.6 is 0 Å². The highest BCUT2D eigenvalue weighted by Crippen LogP contribution is 2.37. The molecule has 0 saturated heterocycles. The van der Waals surface area contributed by atoms with Gasteiger partial charge in [0.15, 0.2) is 5.72 Å². The van der Waals surface area contributed by atoms with E-state index in [0.29, 0.717) is 18.7 Å². The predicted molar refractivity (Wildman–Crippen MR) is 70.6 cm³/mol. The van der Waals surface area contributed by atoms with Crippen LogP contribution in [0.5, 0.6) is 0 Å². The quantitative estimate of drug-likeness (QED) is 0.891. The van der Waals surface area contributed by atoms with Gasteiger partial charge in [-0.3, -0.25) is 0 Å². The molecular weight excluding hydrogens is 230 g/mol. The molecule has 0 saturated carbocycles. The number of fused-ring (bicyclic) bond motifs is 1. The van der Waals surface area contributed by atoms with Gasteiger partial charge in [-0.05, 0) is 31.1 Å². The Balaban J connectivity index is 2.56. The van der Waals surface area contributed by atoms with Gasteiger partial charge in [-0.2, -0.15) is 0 Å². The van der Waals surface area contributed by atoms with E-state index in [1.165, 1.54) is 4.90 Å². The van der Waals surface area contributed by atoms with E-state index in [1.54, 1.807) is 6.07 Å². The molecule has 4 heteroatoms. The smallest absolute Gasteiger partial charge is 0.414 e. The van der Waals surface area contributed by atoms with E-state index in [-0.39, 0.29) is 0 Å². The Morgan fingerprint density at radius 1 is 1.39 bits per heavy atom. The van der Waals surface area contributed by atoms with Crippen molar-refractivity contribution in [2.45, 2.75) is 26.0 Å². The number of para-hydroxylation sites is 1. The van der Waals surface area contributed by atoms with E-state index in [1.807, 2.05) is 44.2 Å². The van der Waals surface area contributed by atoms with Crippen LogP contribution in [0.3, 0.4) is 0 Å². The van der Waals surface area contributed by atoms with Gasteiger partial charge in [0, 0.05) is 6.61 Å². The van der Waals surface area contributed by atoms with Gasteiger partial charge in [-0.15, -0.1) is 0 Å². The van der Waals surface area contributed by atoms with Crippen LogP contribution in [0.1, 0.15) is 25.8 Å². The molecule has 0 fully saturated rings. The Morgan fingerprint density at radius 3 is 2.72 bits per heavy atom. The van der Waals surface area contributed by atoms with Crippen molar-refractivity contribution in [2.24, 2.45) is 0 Å². The van der Waals surface area contributed by atoms with Crippen LogP contribution in [-0.4, -0.2) is 23.5 Å². The molecule has 0 aromatic heterocycles. The Hall–Kier alpha value is -1.81. The number of hydrogen-bond donors (Lipinski definition) is 1. The van der Waals surface area contributed by atoms with E-state index in [0.717, 1.165) is 5.56 Å². The average Bonchev–Trinajstić information content (AvgIpc) is 2.38. The third kappa shape index (κ3) is 1.88. The predicted octanol–water partition coefficient (Wildman–Crippen LogP) is 3.34. The molecular formula is C14H17NO3. The second-order valence-electron chi connectivity index (χ2n) is 4.14. The number of amides is 1. The molecule has 18 heavy (non-hydrogen) atoms. The topological polar surface area (TPSA) is 49.8 Å². The molecule has 1 aromatic carbocycles. The first-order valence-corrected chi connectivity index (χ1v) is 6.10. The molecule has 0 radical (unpaired) electrons. The second kappa shape index (κ2) is 4.82. The molecule has 4 nitrogen and oxygen atoms in total. The Kier molecular flexibility index (Phi) is 3.39. The monoisotopic (exact) mass is 247 g/mol. The fourth-order valence-electron chi connectivity index (χ4n) is 2.34. The van der Waals surface area contributed by atoms with E-state index in [2.05, 4.69) is 0 Å². The number of benzene rings is 1. The van der Waals surface area contributed by atoms with Crippen LogP contribution in [0.25, 0.3) is 6.08 Å². The number of carboxylic acid groups (broad SMARTS) is 1. The van der Waals surface area contributed by atoms with Gasteiger partial charge in [0.25, 0.3) is 0 Å². The van der Waals surface area contributed by atoms with E-state index in [4.69, 9.17) is 4.74 Å². The fourth-order valence-corrected chi connectivity index (χ4v) is 2.34. The maximum atomic E-state index is 11.6. The summed E-state index contributed by atoms with van der Waals surface area (Å²) in [5.74, 6) is 0. The molecule has 96 valence electrons. The lowest BCUT2D eigenvalue weighted by Crippen LogP contribution is -2.53. The summed E-state index contributed by atoms with van der Waals surface area (Å²) >= 11 is 0. The van der Waals surface area contributed by atoms with Crippen molar-refractivity contribution in [1.82, 2.24) is 0 Å². The summed E-state index contributed by atoms with van der Waals surface area (Å²) in [7, 11) is 0. The number of hydrogen-bond acceptors (Lipinski definition) is 2. The summed E-state index contributed by atoms with van der Waals surface area (Å²) in [4.78, 5) is 12.9. The number of anilines is 1. The van der Waals surface area contributed by atoms with Gasteiger partial charge < -0.3 is 9.84 Å². The minimum absolute atomic E-state index is 0.462. The third-order valence-electron chi connectivity index (χ3n) is 3.17. The Bertz CT molecular complexity index is 484. The molecule has 1 aliphatic heterocycles. The summed E-state index contributed by atoms with van der Waals surface area (Å²) in [6.07, 6.45) is 3.32. The molecule has 1 aromatic rings. The van der Waals surface area contributed by atoms with E-state index >= 15 is 0 Å². The zero-order chi connectivity index (χ0) is 13.2. The van der Waals surface area contributed by atoms with Crippen molar-refractivity contribution >= 4 is 17.9 Å². The van der Waals surface area contributed by atoms with Gasteiger partial charge >= 0.3 is 6.09 Å². The lowest BCUT2D eigenvalue weighted by molar-refractivity contribution is -0.00399. The zero-order valence-corrected chi connectivity index (χ0v) is 10.6. The van der Waals surface area contributed by atoms with Gasteiger partial charge in [0.2, 0.25) is 0 Å². The standard InChI is InChI=1S/C14H17NO3/c1-3-14(18-4-2)10-9-11-7-5-6-8-12(11)15(14)13(16)17/h5-10H,3-4H2,1-2H3,(H,16,17). The molecule has 1 heterocycles. The van der Waals surface area contributed by atoms with E-state index in [9.17, 15) is 9.90 Å². The maximum Gasteiger partial charge on any atom is 0.414 e. The highest BCUT2D eigenvalue weighted by Gasteiger charge is 2.41. The lowest BCUT2D eigenvalue weighted by Gasteiger charge is -2.42. The number of ether oxygens (including phenoxy) is 1. The third-order valence-corrected chi connectivity index (χ3v) is 3.17. The second-order valence-corrected chi connectivity index (χ2v) is 4.14. The molecule has 1 amide bonds. The summed E-state index contributed by atoms with van der Waals surface area (Å²) in [5.41, 5.74) is 0.668. The normalized spacial score (nSPS) is 21.8. The van der Waals surface area contributed by atoms with E-state index < -0.39 is 11.8 Å². The van der Waals surface area contributed by atoms with Crippen LogP contribution in [0.15, 0.2) is 30.3 Å². The van der Waals surface area contributed by atoms with Crippen molar-refractivity contribution < 1.29 is 14.6 Å². The van der Waals surface area contributed by atoms with Crippen LogP contribution < -0.4 is 4.90 Å². The molecule has 0 spiro atoms. The molecule has 1 atom stereocenters. The number of rotatable bonds is 3. The van der Waals surface area contributed by atoms with Crippen LogP contribution in [0.4, 0.5) is 10.5 Å². The minimum Gasteiger partial charge on any atom is -0.465 e. The Morgan fingerprint density at radius 2 is 2.11 bits per heavy atom. The molecule has 0 aliphatic carbocycles. The van der Waals surface area contributed by atoms with Crippen LogP contribution in [0.2, 0.25) is 0 Å². The lowest BCUT2D eigenvalue weighted by atomic mass is 9.98. The van der Waals surface area contributed by atoms with Crippen molar-refractivity contribution in [3.8, 4) is 0 Å². The van der Waals surface area contributed by atoms with Gasteiger partial charge in [0.05, 0.1) is 5.69 Å². The van der Waals surface area contributed by atoms with Gasteiger partial charge in [-0.25, -0.2) is 9.69 Å². The first-order chi connectivity index (χ1) is 8.64. The summed E-state index contributed by atoms with van der Waals surface area (Å²) in [6, 6.07) is 7.42. The summed E-state index contributed by atoms with van der Waals surface area (Å²) < 4.78 is 5.71. The van der Waals surface area contributed by atoms with Crippen molar-refractivity contribution in [2.75, 3.05) is 11.5 Å². The molecule has 0 bridgehead atoms. The van der Waals surface area contributed by atoms with Crippen molar-refractivity contribution in [1.29, 1.82) is 0 Å². The SMILES string of the molecule is CCOC1(CC)C=Cc2ccccc2N1C(=O)O. The summed E-state index contributed by atoms with van der Waals surface area (Å²) in [6.45, 7) is 4.25. The first kappa shape index (κ1) is 12.6. The van der Waals surface area contributed by atoms with Crippen molar-refractivity contribution in [3.63, 3.8) is 0 Å². The molecule has 1 N–H and O–H groups in total. The molecule has 1 unspecified atom stereocenters. The number of carbonyl (C=O) groups is 1. The van der Waals surface area contributed by atoms with Gasteiger partial charge in [-0.1, -0.05) is 31.2 Å². The van der Waals surface area contributed by atoms with Crippen LogP contribution in [-0.2, 0) is 4.74 Å². The van der Waals surface area contributed by atoms with Gasteiger partial charge in [0.1, 0.15) is 0 Å². The minimum atomic E-state index is -0.998. The largest absolute Gasteiger partial charge is 0.465 e. The Labute approximate surface area is 106 Å². The van der Waals surface area contributed by atoms with Crippen LogP contribution in [0, 0.1) is 0 Å². The highest BCUT2D eigenvalue weighted by molar-refractivity contribution is 5.93. The average molecular weight is 247 g/mol. The fraction of sp³-hybridized carbons (Fsp3) is 0.357. The summed E-state index contributed by atoms with van der Waals surface area (Å²) in [5, 5.41) is 9.49. The number of nitrogens with zero attached hydrogens (tertiary/aromatic N) is 1. The maximum absolute atomic E-state index is 11.6. The van der Waals surface area contributed by atoms with Crippen molar-refractivity contribution in [3.05, 3.63) is 35.9 Å². The molecule has 1 aliphatic rings.